The Bertz CT molecular complexity index is 828. The van der Waals surface area contributed by atoms with Crippen molar-refractivity contribution < 1.29 is 19.8 Å². The number of hydrogen-bond acceptors (Lipinski definition) is 0. The molecule has 1 unspecified atom stereocenters. The predicted octanol–water partition coefficient (Wildman–Crippen LogP) is 6.65. The number of hydrogen-bond donors (Lipinski definition) is 0. The molecule has 0 aliphatic heterocycles. The van der Waals surface area contributed by atoms with E-state index < -0.39 is 19.8 Å². The third-order valence-corrected chi connectivity index (χ3v) is 19.8. The number of rotatable bonds is 3. The zero-order chi connectivity index (χ0) is 15.9. The van der Waals surface area contributed by atoms with Gasteiger partial charge in [0.1, 0.15) is 0 Å². The molecule has 0 fully saturated rings. The van der Waals surface area contributed by atoms with E-state index in [0.29, 0.717) is 3.63 Å². The Labute approximate surface area is 167 Å². The maximum atomic E-state index is 2.52. The summed E-state index contributed by atoms with van der Waals surface area (Å²) in [5.41, 5.74) is 2.99. The van der Waals surface area contributed by atoms with Crippen molar-refractivity contribution in [1.82, 2.24) is 0 Å². The fourth-order valence-corrected chi connectivity index (χ4v) is 19.0. The molecule has 0 N–H and O–H groups in total. The van der Waals surface area contributed by atoms with Crippen molar-refractivity contribution in [1.29, 1.82) is 0 Å². The van der Waals surface area contributed by atoms with Gasteiger partial charge in [0.05, 0.1) is 0 Å². The average molecular weight is 452 g/mol. The van der Waals surface area contributed by atoms with Crippen LogP contribution in [0, 0.1) is 0 Å². The van der Waals surface area contributed by atoms with Gasteiger partial charge in [-0.1, -0.05) is 0 Å². The van der Waals surface area contributed by atoms with Gasteiger partial charge in [-0.3, -0.25) is 0 Å². The molecular weight excluding hydrogens is 426 g/mol. The van der Waals surface area contributed by atoms with Gasteiger partial charge in [0.25, 0.3) is 0 Å². The molecule has 0 amide bonds. The number of halogens is 2. The van der Waals surface area contributed by atoms with Crippen LogP contribution >= 0.6 is 24.8 Å². The van der Waals surface area contributed by atoms with Crippen LogP contribution in [0.1, 0.15) is 41.4 Å². The van der Waals surface area contributed by atoms with Crippen molar-refractivity contribution in [2.75, 3.05) is 0 Å². The van der Waals surface area contributed by atoms with Crippen molar-refractivity contribution in [2.45, 2.75) is 30.3 Å². The Morgan fingerprint density at radius 3 is 2.04 bits per heavy atom. The van der Waals surface area contributed by atoms with Gasteiger partial charge in [0.2, 0.25) is 0 Å². The molecule has 0 saturated carbocycles. The largest absolute Gasteiger partial charge is 0.147 e. The first-order valence-corrected chi connectivity index (χ1v) is 13.7. The number of fused-ring (bicyclic) bond motifs is 1. The Kier molecular flexibility index (Phi) is 6.82. The summed E-state index contributed by atoms with van der Waals surface area (Å²) in [6, 6.07) is 9.01. The maximum Gasteiger partial charge on any atom is -0.147 e. The third-order valence-electron chi connectivity index (χ3n) is 5.61. The average Bonchev–Trinajstić information content (AvgIpc) is 3.31. The van der Waals surface area contributed by atoms with Crippen LogP contribution in [0.5, 0.6) is 0 Å². The van der Waals surface area contributed by atoms with Crippen molar-refractivity contribution in [3.63, 3.8) is 0 Å². The summed E-state index contributed by atoms with van der Waals surface area (Å²) >= 11 is -2.87. The van der Waals surface area contributed by atoms with Gasteiger partial charge < -0.3 is 0 Å². The topological polar surface area (TPSA) is 0 Å². The second kappa shape index (κ2) is 8.30. The fourth-order valence-electron chi connectivity index (χ4n) is 4.67. The molecule has 0 spiro atoms. The Hall–Kier alpha value is -0.747. The maximum absolute atomic E-state index is 2.87. The van der Waals surface area contributed by atoms with Crippen molar-refractivity contribution in [3.05, 3.63) is 84.5 Å². The van der Waals surface area contributed by atoms with Gasteiger partial charge in [0.15, 0.2) is 0 Å². The van der Waals surface area contributed by atoms with E-state index in [4.69, 9.17) is 0 Å². The van der Waals surface area contributed by atoms with Crippen LogP contribution in [0.15, 0.2) is 73.4 Å². The van der Waals surface area contributed by atoms with Crippen molar-refractivity contribution >= 4 is 34.1 Å². The van der Waals surface area contributed by atoms with Gasteiger partial charge in [-0.2, -0.15) is 0 Å². The molecule has 0 bridgehead atoms. The van der Waals surface area contributed by atoms with E-state index in [0.717, 1.165) is 12.8 Å². The molecule has 1 aromatic carbocycles. The van der Waals surface area contributed by atoms with E-state index in [1.807, 2.05) is 0 Å². The zero-order valence-corrected chi connectivity index (χ0v) is 18.8. The zero-order valence-electron chi connectivity index (χ0n) is 14.7. The Morgan fingerprint density at radius 2 is 1.52 bits per heavy atom. The molecule has 25 heavy (non-hydrogen) atoms. The van der Waals surface area contributed by atoms with Crippen molar-refractivity contribution in [3.8, 4) is 0 Å². The van der Waals surface area contributed by atoms with E-state index in [1.165, 1.54) is 5.56 Å². The first kappa shape index (κ1) is 20.6. The minimum Gasteiger partial charge on any atom is -0.147 e. The van der Waals surface area contributed by atoms with Crippen molar-refractivity contribution in [2.24, 2.45) is 0 Å². The van der Waals surface area contributed by atoms with Gasteiger partial charge in [-0.05, 0) is 0 Å². The van der Waals surface area contributed by atoms with Gasteiger partial charge in [-0.25, -0.2) is 0 Å². The summed E-state index contributed by atoms with van der Waals surface area (Å²) in [4.78, 5) is 0. The molecular formula is C22H25Cl2Zr. The van der Waals surface area contributed by atoms with Gasteiger partial charge >= 0.3 is 144 Å². The molecule has 0 nitrogen and oxygen atoms in total. The minimum absolute atomic E-state index is 0. The van der Waals surface area contributed by atoms with E-state index in [-0.39, 0.29) is 24.8 Å². The van der Waals surface area contributed by atoms with Crippen LogP contribution in [0.25, 0.3) is 6.08 Å². The quantitative estimate of drug-likeness (QED) is 0.483. The molecule has 0 saturated heterocycles. The van der Waals surface area contributed by atoms with Crippen LogP contribution in [0.2, 0.25) is 0 Å². The molecule has 3 aliphatic rings. The minimum atomic E-state index is -2.87. The molecule has 1 aromatic rings. The van der Waals surface area contributed by atoms with Crippen LogP contribution in [-0.4, -0.2) is 3.21 Å². The summed E-state index contributed by atoms with van der Waals surface area (Å²) in [6.45, 7) is 4.81. The normalized spacial score (nSPS) is 19.8. The van der Waals surface area contributed by atoms with E-state index in [1.54, 1.807) is 15.3 Å². The summed E-state index contributed by atoms with van der Waals surface area (Å²) in [5.74, 6) is 0. The molecule has 3 aliphatic carbocycles. The summed E-state index contributed by atoms with van der Waals surface area (Å²) in [5, 5.41) is 0. The first-order chi connectivity index (χ1) is 11.2. The molecule has 131 valence electrons. The Balaban J connectivity index is 0.00000113. The molecule has 0 aromatic heterocycles. The predicted molar refractivity (Wildman–Crippen MR) is 113 cm³/mol. The second-order valence-corrected chi connectivity index (χ2v) is 18.0. The number of allylic oxidation sites excluding steroid dienone is 9. The van der Waals surface area contributed by atoms with Gasteiger partial charge in [-0.15, -0.1) is 24.8 Å². The monoisotopic (exact) mass is 449 g/mol. The Morgan fingerprint density at radius 1 is 0.920 bits per heavy atom. The SMILES string of the molecule is C[C](C)=[Zr]([C]1=CC=CC1)([C]1=CC=CC1)[CH]1C=Cc2ccccc21.Cl.Cl. The second-order valence-electron chi connectivity index (χ2n) is 6.92. The number of benzene rings is 1. The third kappa shape index (κ3) is 3.20. The molecule has 0 radical (unpaired) electrons. The van der Waals surface area contributed by atoms with E-state index >= 15 is 0 Å². The molecule has 4 rings (SSSR count). The molecule has 1 atom stereocenters. The van der Waals surface area contributed by atoms with Gasteiger partial charge in [0, 0.05) is 0 Å². The fraction of sp³-hybridized carbons (Fsp3) is 0.227. The first-order valence-electron chi connectivity index (χ1n) is 8.54. The standard InChI is InChI=1S/C9H7.2C5H5.C3H6.2ClH.Zr/c1-2-5-9-7-3-6-8(9)4-1;2*1-2-4-5-3-1;1-3-2;;;/h1-7H;2*1-3H,4H2;1-2H3;2*1H;. The van der Waals surface area contributed by atoms with Crippen LogP contribution in [-0.2, 0) is 19.8 Å². The summed E-state index contributed by atoms with van der Waals surface area (Å²) in [6.07, 6.45) is 21.3. The van der Waals surface area contributed by atoms with Crippen LogP contribution < -0.4 is 0 Å². The smallest absolute Gasteiger partial charge is 0.147 e. The van der Waals surface area contributed by atoms with E-state index in [2.05, 4.69) is 86.7 Å². The summed E-state index contributed by atoms with van der Waals surface area (Å²) in [7, 11) is 0. The molecule has 0 heterocycles. The van der Waals surface area contributed by atoms with Crippen LogP contribution in [0.4, 0.5) is 0 Å². The van der Waals surface area contributed by atoms with E-state index in [9.17, 15) is 0 Å². The summed E-state index contributed by atoms with van der Waals surface area (Å²) < 4.78 is 5.82. The molecule has 3 heteroatoms. The van der Waals surface area contributed by atoms with Crippen LogP contribution in [0.3, 0.4) is 0 Å².